The molecule has 0 aliphatic carbocycles. The second-order valence-corrected chi connectivity index (χ2v) is 3.97. The lowest BCUT2D eigenvalue weighted by Gasteiger charge is -1.97. The van der Waals surface area contributed by atoms with Crippen molar-refractivity contribution in [2.24, 2.45) is 0 Å². The fourth-order valence-corrected chi connectivity index (χ4v) is 1.67. The van der Waals surface area contributed by atoms with E-state index in [1.165, 1.54) is 0 Å². The van der Waals surface area contributed by atoms with Crippen molar-refractivity contribution >= 4 is 39.8 Å². The molecule has 1 aromatic heterocycles. The summed E-state index contributed by atoms with van der Waals surface area (Å²) in [6.45, 7) is 0. The number of carbonyl (C=O) groups is 1. The van der Waals surface area contributed by atoms with Gasteiger partial charge in [0.1, 0.15) is 6.29 Å². The molecule has 0 aliphatic rings. The smallest absolute Gasteiger partial charge is 0.150 e. The molecule has 1 aromatic carbocycles. The zero-order valence-electron chi connectivity index (χ0n) is 6.70. The highest BCUT2D eigenvalue weighted by Crippen LogP contribution is 2.15. The maximum atomic E-state index is 10.5. The van der Waals surface area contributed by atoms with Crippen LogP contribution in [-0.4, -0.2) is 11.3 Å². The van der Waals surface area contributed by atoms with E-state index < -0.39 is 0 Å². The van der Waals surface area contributed by atoms with Gasteiger partial charge in [0, 0.05) is 20.7 Å². The minimum atomic E-state index is 0.691. The van der Waals surface area contributed by atoms with E-state index in [2.05, 4.69) is 27.6 Å². The molecule has 3 heteroatoms. The lowest BCUT2D eigenvalue weighted by molar-refractivity contribution is 0.112. The Morgan fingerprint density at radius 3 is 2.92 bits per heavy atom. The Kier molecular flexibility index (Phi) is 2.26. The molecule has 0 unspecified atom stereocenters. The molecular weight excluding hydrogens is 277 g/mol. The fourth-order valence-electron chi connectivity index (χ4n) is 1.20. The van der Waals surface area contributed by atoms with Gasteiger partial charge in [-0.1, -0.05) is 0 Å². The van der Waals surface area contributed by atoms with E-state index in [0.29, 0.717) is 5.56 Å². The van der Waals surface area contributed by atoms with Crippen molar-refractivity contribution in [2.45, 2.75) is 0 Å². The topological polar surface area (TPSA) is 30.0 Å². The van der Waals surface area contributed by atoms with Crippen LogP contribution in [0, 0.1) is 3.57 Å². The van der Waals surface area contributed by atoms with E-state index in [-0.39, 0.29) is 0 Å². The summed E-state index contributed by atoms with van der Waals surface area (Å²) in [7, 11) is 0. The van der Waals surface area contributed by atoms with Gasteiger partial charge < -0.3 is 0 Å². The summed E-state index contributed by atoms with van der Waals surface area (Å²) in [5.41, 5.74) is 1.61. The van der Waals surface area contributed by atoms with Crippen molar-refractivity contribution in [3.63, 3.8) is 0 Å². The maximum absolute atomic E-state index is 10.5. The van der Waals surface area contributed by atoms with Crippen molar-refractivity contribution in [3.8, 4) is 0 Å². The SMILES string of the molecule is O=Cc1ccc2ncc(I)cc2c1. The summed E-state index contributed by atoms with van der Waals surface area (Å²) >= 11 is 2.20. The van der Waals surface area contributed by atoms with Crippen LogP contribution in [-0.2, 0) is 0 Å². The largest absolute Gasteiger partial charge is 0.298 e. The van der Waals surface area contributed by atoms with E-state index in [1.54, 1.807) is 6.07 Å². The Morgan fingerprint density at radius 2 is 2.15 bits per heavy atom. The molecule has 2 aromatic rings. The number of aromatic nitrogens is 1. The average Bonchev–Trinajstić information content (AvgIpc) is 2.16. The number of pyridine rings is 1. The number of carbonyl (C=O) groups excluding carboxylic acids is 1. The molecule has 2 nitrogen and oxygen atoms in total. The van der Waals surface area contributed by atoms with Crippen molar-refractivity contribution in [1.29, 1.82) is 0 Å². The molecule has 13 heavy (non-hydrogen) atoms. The summed E-state index contributed by atoms with van der Waals surface area (Å²) in [6.07, 6.45) is 2.66. The van der Waals surface area contributed by atoms with Gasteiger partial charge in [0.25, 0.3) is 0 Å². The Bertz CT molecular complexity index is 467. The molecule has 2 rings (SSSR count). The third-order valence-corrected chi connectivity index (χ3v) is 2.40. The van der Waals surface area contributed by atoms with Crippen LogP contribution >= 0.6 is 22.6 Å². The van der Waals surface area contributed by atoms with Crippen molar-refractivity contribution in [2.75, 3.05) is 0 Å². The molecule has 64 valence electrons. The Labute approximate surface area is 89.1 Å². The van der Waals surface area contributed by atoms with E-state index in [1.807, 2.05) is 24.4 Å². The second kappa shape index (κ2) is 3.41. The summed E-state index contributed by atoms with van der Waals surface area (Å²) < 4.78 is 1.08. The monoisotopic (exact) mass is 283 g/mol. The van der Waals surface area contributed by atoms with Gasteiger partial charge >= 0.3 is 0 Å². The van der Waals surface area contributed by atoms with Gasteiger partial charge in [0.05, 0.1) is 5.52 Å². The standard InChI is InChI=1S/C10H6INO/c11-9-4-8-3-7(6-13)1-2-10(8)12-5-9/h1-6H. The molecule has 0 bridgehead atoms. The molecule has 0 aliphatic heterocycles. The van der Waals surface area contributed by atoms with Crippen LogP contribution in [0.1, 0.15) is 10.4 Å². The van der Waals surface area contributed by atoms with E-state index >= 15 is 0 Å². The van der Waals surface area contributed by atoms with Crippen molar-refractivity contribution in [3.05, 3.63) is 39.6 Å². The number of rotatable bonds is 1. The predicted octanol–water partition coefficient (Wildman–Crippen LogP) is 2.65. The molecule has 0 saturated carbocycles. The van der Waals surface area contributed by atoms with E-state index in [4.69, 9.17) is 0 Å². The van der Waals surface area contributed by atoms with Gasteiger partial charge in [-0.15, -0.1) is 0 Å². The first-order chi connectivity index (χ1) is 6.29. The quantitative estimate of drug-likeness (QED) is 0.595. The molecular formula is C10H6INO. The highest BCUT2D eigenvalue weighted by atomic mass is 127. The first-order valence-corrected chi connectivity index (χ1v) is 4.88. The molecule has 0 fully saturated rings. The van der Waals surface area contributed by atoms with Crippen LogP contribution in [0.2, 0.25) is 0 Å². The molecule has 0 atom stereocenters. The summed E-state index contributed by atoms with van der Waals surface area (Å²) in [6, 6.07) is 7.48. The Morgan fingerprint density at radius 1 is 1.31 bits per heavy atom. The lowest BCUT2D eigenvalue weighted by Crippen LogP contribution is -1.83. The normalized spacial score (nSPS) is 10.2. The maximum Gasteiger partial charge on any atom is 0.150 e. The third-order valence-electron chi connectivity index (χ3n) is 1.81. The van der Waals surface area contributed by atoms with Crippen LogP contribution in [0.15, 0.2) is 30.5 Å². The minimum absolute atomic E-state index is 0.691. The predicted molar refractivity (Wildman–Crippen MR) is 59.8 cm³/mol. The van der Waals surface area contributed by atoms with Crippen LogP contribution in [0.25, 0.3) is 10.9 Å². The first kappa shape index (κ1) is 8.62. The van der Waals surface area contributed by atoms with Gasteiger partial charge in [-0.05, 0) is 46.9 Å². The first-order valence-electron chi connectivity index (χ1n) is 3.80. The zero-order valence-corrected chi connectivity index (χ0v) is 8.86. The van der Waals surface area contributed by atoms with Crippen molar-refractivity contribution < 1.29 is 4.79 Å². The summed E-state index contributed by atoms with van der Waals surface area (Å²) in [5, 5.41) is 1.01. The molecule has 0 spiro atoms. The van der Waals surface area contributed by atoms with Crippen molar-refractivity contribution in [1.82, 2.24) is 4.98 Å². The number of hydrogen-bond donors (Lipinski definition) is 0. The van der Waals surface area contributed by atoms with Crippen LogP contribution in [0.5, 0.6) is 0 Å². The lowest BCUT2D eigenvalue weighted by atomic mass is 10.1. The summed E-state index contributed by atoms with van der Waals surface area (Å²) in [4.78, 5) is 14.7. The van der Waals surface area contributed by atoms with Gasteiger partial charge in [0.2, 0.25) is 0 Å². The van der Waals surface area contributed by atoms with Crippen LogP contribution in [0.3, 0.4) is 0 Å². The third kappa shape index (κ3) is 1.70. The minimum Gasteiger partial charge on any atom is -0.298 e. The summed E-state index contributed by atoms with van der Waals surface area (Å²) in [5.74, 6) is 0. The molecule has 0 amide bonds. The van der Waals surface area contributed by atoms with Gasteiger partial charge in [-0.2, -0.15) is 0 Å². The Hall–Kier alpha value is -0.970. The zero-order chi connectivity index (χ0) is 9.26. The number of nitrogens with zero attached hydrogens (tertiary/aromatic N) is 1. The molecule has 0 radical (unpaired) electrons. The average molecular weight is 283 g/mol. The van der Waals surface area contributed by atoms with Crippen LogP contribution < -0.4 is 0 Å². The highest BCUT2D eigenvalue weighted by molar-refractivity contribution is 14.1. The van der Waals surface area contributed by atoms with Crippen LogP contribution in [0.4, 0.5) is 0 Å². The molecule has 1 heterocycles. The number of benzene rings is 1. The number of halogens is 1. The van der Waals surface area contributed by atoms with E-state index in [9.17, 15) is 4.79 Å². The number of aldehydes is 1. The Balaban J connectivity index is 2.74. The highest BCUT2D eigenvalue weighted by Gasteiger charge is 1.96. The van der Waals surface area contributed by atoms with E-state index in [0.717, 1.165) is 20.8 Å². The van der Waals surface area contributed by atoms with Gasteiger partial charge in [0.15, 0.2) is 0 Å². The van der Waals surface area contributed by atoms with Gasteiger partial charge in [-0.25, -0.2) is 0 Å². The molecule has 0 N–H and O–H groups in total. The fraction of sp³-hybridized carbons (Fsp3) is 0. The second-order valence-electron chi connectivity index (χ2n) is 2.72. The van der Waals surface area contributed by atoms with Gasteiger partial charge in [-0.3, -0.25) is 9.78 Å². The number of fused-ring (bicyclic) bond motifs is 1. The number of hydrogen-bond acceptors (Lipinski definition) is 2. The molecule has 0 saturated heterocycles.